The fraction of sp³-hybridized carbons (Fsp3) is 0.600. The van der Waals surface area contributed by atoms with Gasteiger partial charge in [-0.15, -0.1) is 0 Å². The summed E-state index contributed by atoms with van der Waals surface area (Å²) < 4.78 is 0. The highest BCUT2D eigenvalue weighted by Crippen LogP contribution is 2.05. The number of benzene rings is 1. The molecule has 1 aliphatic rings. The van der Waals surface area contributed by atoms with Crippen LogP contribution in [0.25, 0.3) is 0 Å². The Morgan fingerprint density at radius 2 is 2.06 bits per heavy atom. The summed E-state index contributed by atoms with van der Waals surface area (Å²) in [6.45, 7) is 7.15. The van der Waals surface area contributed by atoms with E-state index in [1.807, 2.05) is 0 Å². The van der Waals surface area contributed by atoms with Crippen molar-refractivity contribution in [2.24, 2.45) is 0 Å². The van der Waals surface area contributed by atoms with E-state index >= 15 is 0 Å². The molecule has 1 aromatic rings. The molecule has 1 saturated heterocycles. The van der Waals surface area contributed by atoms with E-state index in [0.29, 0.717) is 6.04 Å². The van der Waals surface area contributed by atoms with E-state index < -0.39 is 0 Å². The molecule has 1 aliphatic heterocycles. The van der Waals surface area contributed by atoms with Gasteiger partial charge in [0.15, 0.2) is 0 Å². The van der Waals surface area contributed by atoms with Crippen molar-refractivity contribution in [3.63, 3.8) is 0 Å². The molecule has 1 unspecified atom stereocenters. The Balaban J connectivity index is 1.77. The van der Waals surface area contributed by atoms with Gasteiger partial charge >= 0.3 is 0 Å². The van der Waals surface area contributed by atoms with Crippen LogP contribution >= 0.6 is 0 Å². The van der Waals surface area contributed by atoms with Gasteiger partial charge < -0.3 is 10.2 Å². The third-order valence-electron chi connectivity index (χ3n) is 3.58. The second-order valence-corrected chi connectivity index (χ2v) is 5.07. The SMILES string of the molecule is CC1CCN(CCc2ccccc2)CCCN1. The van der Waals surface area contributed by atoms with Gasteiger partial charge in [0, 0.05) is 12.6 Å². The van der Waals surface area contributed by atoms with Crippen molar-refractivity contribution in [1.29, 1.82) is 0 Å². The maximum atomic E-state index is 3.55. The van der Waals surface area contributed by atoms with Crippen LogP contribution < -0.4 is 5.32 Å². The van der Waals surface area contributed by atoms with E-state index in [2.05, 4.69) is 47.5 Å². The molecule has 1 aromatic carbocycles. The molecular formula is C15H24N2. The van der Waals surface area contributed by atoms with Crippen molar-refractivity contribution in [3.8, 4) is 0 Å². The van der Waals surface area contributed by atoms with E-state index in [1.165, 1.54) is 51.0 Å². The quantitative estimate of drug-likeness (QED) is 0.860. The molecule has 2 nitrogen and oxygen atoms in total. The average molecular weight is 232 g/mol. The summed E-state index contributed by atoms with van der Waals surface area (Å²) in [6.07, 6.45) is 3.73. The highest BCUT2D eigenvalue weighted by atomic mass is 15.1. The summed E-state index contributed by atoms with van der Waals surface area (Å²) in [6, 6.07) is 11.5. The molecule has 2 heteroatoms. The zero-order valence-electron chi connectivity index (χ0n) is 10.9. The number of nitrogens with one attached hydrogen (secondary N) is 1. The van der Waals surface area contributed by atoms with E-state index in [0.717, 1.165) is 0 Å². The third-order valence-corrected chi connectivity index (χ3v) is 3.58. The first-order valence-corrected chi connectivity index (χ1v) is 6.84. The van der Waals surface area contributed by atoms with Crippen LogP contribution in [0, 0.1) is 0 Å². The van der Waals surface area contributed by atoms with Crippen LogP contribution in [0.1, 0.15) is 25.3 Å². The monoisotopic (exact) mass is 232 g/mol. The van der Waals surface area contributed by atoms with Gasteiger partial charge in [0.25, 0.3) is 0 Å². The molecule has 0 radical (unpaired) electrons. The van der Waals surface area contributed by atoms with Crippen molar-refractivity contribution >= 4 is 0 Å². The second kappa shape index (κ2) is 6.77. The van der Waals surface area contributed by atoms with Gasteiger partial charge in [-0.3, -0.25) is 0 Å². The Morgan fingerprint density at radius 1 is 1.24 bits per heavy atom. The minimum absolute atomic E-state index is 0.675. The molecule has 17 heavy (non-hydrogen) atoms. The van der Waals surface area contributed by atoms with Gasteiger partial charge in [0.2, 0.25) is 0 Å². The van der Waals surface area contributed by atoms with E-state index in [4.69, 9.17) is 0 Å². The zero-order chi connectivity index (χ0) is 11.9. The first-order valence-electron chi connectivity index (χ1n) is 6.84. The van der Waals surface area contributed by atoms with Gasteiger partial charge in [-0.2, -0.15) is 0 Å². The molecule has 0 aromatic heterocycles. The summed E-state index contributed by atoms with van der Waals surface area (Å²) in [5.74, 6) is 0. The number of nitrogens with zero attached hydrogens (tertiary/aromatic N) is 1. The lowest BCUT2D eigenvalue weighted by Gasteiger charge is -2.27. The Labute approximate surface area is 105 Å². The number of hydrogen-bond donors (Lipinski definition) is 1. The lowest BCUT2D eigenvalue weighted by molar-refractivity contribution is 0.239. The largest absolute Gasteiger partial charge is 0.314 e. The van der Waals surface area contributed by atoms with Crippen LogP contribution in [0.4, 0.5) is 0 Å². The van der Waals surface area contributed by atoms with Crippen LogP contribution in [0.5, 0.6) is 0 Å². The molecule has 94 valence electrons. The minimum atomic E-state index is 0.675. The number of rotatable bonds is 3. The normalized spacial score (nSPS) is 23.0. The maximum absolute atomic E-state index is 3.55. The van der Waals surface area contributed by atoms with Crippen LogP contribution in [-0.2, 0) is 6.42 Å². The molecule has 0 amide bonds. The fourth-order valence-corrected chi connectivity index (χ4v) is 2.40. The lowest BCUT2D eigenvalue weighted by Crippen LogP contribution is -2.39. The van der Waals surface area contributed by atoms with Gasteiger partial charge in [-0.25, -0.2) is 0 Å². The van der Waals surface area contributed by atoms with Crippen LogP contribution in [0.2, 0.25) is 0 Å². The van der Waals surface area contributed by atoms with Gasteiger partial charge in [-0.1, -0.05) is 30.3 Å². The molecular weight excluding hydrogens is 208 g/mol. The molecule has 0 bridgehead atoms. The van der Waals surface area contributed by atoms with Crippen LogP contribution in [-0.4, -0.2) is 37.1 Å². The standard InChI is InChI=1S/C15H24N2/c1-14-8-12-17(11-5-10-16-14)13-9-15-6-3-2-4-7-15/h2-4,6-7,14,16H,5,8-13H2,1H3. The molecule has 0 saturated carbocycles. The predicted molar refractivity (Wildman–Crippen MR) is 73.3 cm³/mol. The summed E-state index contributed by atoms with van der Waals surface area (Å²) >= 11 is 0. The summed E-state index contributed by atoms with van der Waals surface area (Å²) in [5.41, 5.74) is 1.46. The number of hydrogen-bond acceptors (Lipinski definition) is 2. The van der Waals surface area contributed by atoms with Crippen molar-refractivity contribution in [2.75, 3.05) is 26.2 Å². The van der Waals surface area contributed by atoms with Crippen molar-refractivity contribution < 1.29 is 0 Å². The van der Waals surface area contributed by atoms with Crippen molar-refractivity contribution in [1.82, 2.24) is 10.2 Å². The molecule has 1 heterocycles. The Bertz CT molecular complexity index is 310. The summed E-state index contributed by atoms with van der Waals surface area (Å²) in [7, 11) is 0. The van der Waals surface area contributed by atoms with E-state index in [9.17, 15) is 0 Å². The summed E-state index contributed by atoms with van der Waals surface area (Å²) in [5, 5.41) is 3.55. The van der Waals surface area contributed by atoms with Crippen LogP contribution in [0.3, 0.4) is 0 Å². The first kappa shape index (κ1) is 12.6. The molecule has 1 atom stereocenters. The highest BCUT2D eigenvalue weighted by molar-refractivity contribution is 5.14. The average Bonchev–Trinajstić information content (AvgIpc) is 2.35. The molecule has 0 spiro atoms. The first-order chi connectivity index (χ1) is 8.34. The Morgan fingerprint density at radius 3 is 2.88 bits per heavy atom. The summed E-state index contributed by atoms with van der Waals surface area (Å²) in [4.78, 5) is 2.62. The van der Waals surface area contributed by atoms with Crippen molar-refractivity contribution in [2.45, 2.75) is 32.2 Å². The third kappa shape index (κ3) is 4.49. The van der Waals surface area contributed by atoms with Crippen LogP contribution in [0.15, 0.2) is 30.3 Å². The molecule has 2 rings (SSSR count). The Hall–Kier alpha value is -0.860. The van der Waals surface area contributed by atoms with E-state index in [-0.39, 0.29) is 0 Å². The second-order valence-electron chi connectivity index (χ2n) is 5.07. The van der Waals surface area contributed by atoms with Crippen molar-refractivity contribution in [3.05, 3.63) is 35.9 Å². The van der Waals surface area contributed by atoms with E-state index in [1.54, 1.807) is 0 Å². The molecule has 1 fully saturated rings. The maximum Gasteiger partial charge on any atom is 0.00509 e. The van der Waals surface area contributed by atoms with Gasteiger partial charge in [-0.05, 0) is 51.4 Å². The van der Waals surface area contributed by atoms with Gasteiger partial charge in [0.1, 0.15) is 0 Å². The minimum Gasteiger partial charge on any atom is -0.314 e. The fourth-order valence-electron chi connectivity index (χ4n) is 2.40. The molecule has 1 N–H and O–H groups in total. The highest BCUT2D eigenvalue weighted by Gasteiger charge is 2.11. The Kier molecular flexibility index (Phi) is 5.02. The predicted octanol–water partition coefficient (Wildman–Crippen LogP) is 2.30. The zero-order valence-corrected chi connectivity index (χ0v) is 10.9. The molecule has 0 aliphatic carbocycles. The lowest BCUT2D eigenvalue weighted by atomic mass is 10.1. The van der Waals surface area contributed by atoms with Gasteiger partial charge in [0.05, 0.1) is 0 Å². The topological polar surface area (TPSA) is 15.3 Å². The smallest absolute Gasteiger partial charge is 0.00509 e.